The summed E-state index contributed by atoms with van der Waals surface area (Å²) in [4.78, 5) is 27.0. The van der Waals surface area contributed by atoms with Crippen LogP contribution in [0.1, 0.15) is 47.8 Å². The van der Waals surface area contributed by atoms with Crippen LogP contribution < -0.4 is 10.2 Å². The average molecular weight is 500 g/mol. The molecule has 1 aromatic heterocycles. The van der Waals surface area contributed by atoms with Crippen molar-refractivity contribution in [3.8, 4) is 0 Å². The van der Waals surface area contributed by atoms with Crippen molar-refractivity contribution in [1.29, 1.82) is 0 Å². The maximum absolute atomic E-state index is 12.7. The smallest absolute Gasteiger partial charge is 0.251 e. The van der Waals surface area contributed by atoms with Gasteiger partial charge in [-0.05, 0) is 43.9 Å². The Morgan fingerprint density at radius 2 is 2.06 bits per heavy atom. The number of methoxy groups -OCH3 is 1. The SMILES string of the molecule is COCc1cc(N2CCCCC2C)nc(SCc2cccc(C(=O)NCCN3CCOCC3)c2)n1. The molecular formula is C26H37N5O3S. The van der Waals surface area contributed by atoms with E-state index in [-0.39, 0.29) is 5.91 Å². The van der Waals surface area contributed by atoms with Crippen molar-refractivity contribution in [1.82, 2.24) is 20.2 Å². The fraction of sp³-hybridized carbons (Fsp3) is 0.577. The minimum atomic E-state index is -0.0372. The molecule has 2 aromatic rings. The van der Waals surface area contributed by atoms with Crippen molar-refractivity contribution < 1.29 is 14.3 Å². The van der Waals surface area contributed by atoms with Crippen molar-refractivity contribution >= 4 is 23.5 Å². The Bertz CT molecular complexity index is 970. The second-order valence-corrected chi connectivity index (χ2v) is 10.1. The Morgan fingerprint density at radius 3 is 2.86 bits per heavy atom. The molecule has 0 radical (unpaired) electrons. The Morgan fingerprint density at radius 1 is 1.20 bits per heavy atom. The summed E-state index contributed by atoms with van der Waals surface area (Å²) in [5.74, 6) is 1.64. The van der Waals surface area contributed by atoms with Gasteiger partial charge in [-0.25, -0.2) is 9.97 Å². The number of carbonyl (C=O) groups excluding carboxylic acids is 1. The zero-order chi connectivity index (χ0) is 24.5. The van der Waals surface area contributed by atoms with Crippen LogP contribution in [-0.2, 0) is 21.8 Å². The van der Waals surface area contributed by atoms with Crippen LogP contribution in [-0.4, -0.2) is 79.9 Å². The van der Waals surface area contributed by atoms with Gasteiger partial charge in [0, 0.05) is 63.3 Å². The van der Waals surface area contributed by atoms with E-state index in [9.17, 15) is 4.79 Å². The van der Waals surface area contributed by atoms with E-state index in [0.29, 0.717) is 30.5 Å². The molecule has 9 heteroatoms. The maximum Gasteiger partial charge on any atom is 0.251 e. The summed E-state index contributed by atoms with van der Waals surface area (Å²) in [6.07, 6.45) is 3.65. The van der Waals surface area contributed by atoms with Crippen LogP contribution in [0, 0.1) is 0 Å². The number of benzene rings is 1. The normalized spacial score (nSPS) is 19.0. The predicted molar refractivity (Wildman–Crippen MR) is 139 cm³/mol. The largest absolute Gasteiger partial charge is 0.379 e. The zero-order valence-corrected chi connectivity index (χ0v) is 21.7. The summed E-state index contributed by atoms with van der Waals surface area (Å²) >= 11 is 1.60. The monoisotopic (exact) mass is 499 g/mol. The molecule has 1 unspecified atom stereocenters. The third kappa shape index (κ3) is 7.64. The van der Waals surface area contributed by atoms with E-state index in [1.807, 2.05) is 24.3 Å². The highest BCUT2D eigenvalue weighted by molar-refractivity contribution is 7.98. The minimum Gasteiger partial charge on any atom is -0.379 e. The van der Waals surface area contributed by atoms with Gasteiger partial charge in [-0.2, -0.15) is 0 Å². The van der Waals surface area contributed by atoms with Crippen molar-refractivity contribution in [2.45, 2.75) is 49.7 Å². The molecule has 3 heterocycles. The first-order valence-electron chi connectivity index (χ1n) is 12.6. The summed E-state index contributed by atoms with van der Waals surface area (Å²) in [6.45, 7) is 8.62. The number of nitrogens with zero attached hydrogens (tertiary/aromatic N) is 4. The number of rotatable bonds is 10. The van der Waals surface area contributed by atoms with Crippen molar-refractivity contribution in [3.05, 3.63) is 47.2 Å². The Labute approximate surface area is 212 Å². The van der Waals surface area contributed by atoms with Crippen LogP contribution in [0.2, 0.25) is 0 Å². The van der Waals surface area contributed by atoms with Gasteiger partial charge >= 0.3 is 0 Å². The molecule has 1 atom stereocenters. The molecule has 8 nitrogen and oxygen atoms in total. The number of morpholine rings is 1. The molecule has 35 heavy (non-hydrogen) atoms. The average Bonchev–Trinajstić information content (AvgIpc) is 2.88. The number of piperidine rings is 1. The van der Waals surface area contributed by atoms with Crippen LogP contribution in [0.4, 0.5) is 5.82 Å². The molecule has 0 saturated carbocycles. The van der Waals surface area contributed by atoms with Crippen molar-refractivity contribution in [2.75, 3.05) is 57.9 Å². The number of carbonyl (C=O) groups is 1. The van der Waals surface area contributed by atoms with Gasteiger partial charge in [-0.1, -0.05) is 23.9 Å². The third-order valence-corrected chi connectivity index (χ3v) is 7.43. The molecule has 0 spiro atoms. The lowest BCUT2D eigenvalue weighted by Gasteiger charge is -2.34. The van der Waals surface area contributed by atoms with Crippen molar-refractivity contribution in [3.63, 3.8) is 0 Å². The van der Waals surface area contributed by atoms with E-state index in [0.717, 1.165) is 61.6 Å². The van der Waals surface area contributed by atoms with Crippen LogP contribution in [0.3, 0.4) is 0 Å². The van der Waals surface area contributed by atoms with E-state index < -0.39 is 0 Å². The molecule has 4 rings (SSSR count). The van der Waals surface area contributed by atoms with Gasteiger partial charge in [0.25, 0.3) is 5.91 Å². The first-order chi connectivity index (χ1) is 17.1. The molecule has 190 valence electrons. The first kappa shape index (κ1) is 25.9. The topological polar surface area (TPSA) is 79.8 Å². The number of anilines is 1. The summed E-state index contributed by atoms with van der Waals surface area (Å²) < 4.78 is 10.7. The summed E-state index contributed by atoms with van der Waals surface area (Å²) in [5, 5.41) is 3.79. The summed E-state index contributed by atoms with van der Waals surface area (Å²) in [6, 6.07) is 10.3. The van der Waals surface area contributed by atoms with E-state index in [2.05, 4.69) is 28.1 Å². The van der Waals surface area contributed by atoms with Gasteiger partial charge in [0.2, 0.25) is 0 Å². The fourth-order valence-electron chi connectivity index (χ4n) is 4.54. The molecule has 2 aliphatic rings. The molecule has 1 N–H and O–H groups in total. The van der Waals surface area contributed by atoms with Gasteiger partial charge in [0.05, 0.1) is 25.5 Å². The molecule has 1 amide bonds. The predicted octanol–water partition coefficient (Wildman–Crippen LogP) is 3.36. The quantitative estimate of drug-likeness (QED) is 0.394. The van der Waals surface area contributed by atoms with E-state index in [1.165, 1.54) is 19.3 Å². The number of nitrogens with one attached hydrogen (secondary N) is 1. The number of aromatic nitrogens is 2. The molecule has 1 aromatic carbocycles. The van der Waals surface area contributed by atoms with Gasteiger partial charge in [-0.15, -0.1) is 0 Å². The first-order valence-corrected chi connectivity index (χ1v) is 13.5. The minimum absolute atomic E-state index is 0.0372. The Hall–Kier alpha value is -2.20. The number of thioether (sulfide) groups is 1. The lowest BCUT2D eigenvalue weighted by atomic mass is 10.0. The van der Waals surface area contributed by atoms with E-state index in [4.69, 9.17) is 19.4 Å². The maximum atomic E-state index is 12.7. The highest BCUT2D eigenvalue weighted by Gasteiger charge is 2.21. The van der Waals surface area contributed by atoms with Gasteiger partial charge in [0.15, 0.2) is 5.16 Å². The lowest BCUT2D eigenvalue weighted by molar-refractivity contribution is 0.0383. The second kappa shape index (κ2) is 13.2. The number of hydrogen-bond donors (Lipinski definition) is 1. The van der Waals surface area contributed by atoms with Crippen LogP contribution in [0.5, 0.6) is 0 Å². The van der Waals surface area contributed by atoms with Crippen LogP contribution in [0.15, 0.2) is 35.5 Å². The third-order valence-electron chi connectivity index (χ3n) is 6.51. The molecule has 0 aliphatic carbocycles. The van der Waals surface area contributed by atoms with Crippen LogP contribution >= 0.6 is 11.8 Å². The Balaban J connectivity index is 1.36. The highest BCUT2D eigenvalue weighted by Crippen LogP contribution is 2.27. The standard InChI is InChI=1S/C26H37N5O3S/c1-20-6-3-4-10-31(20)24-17-23(18-33-2)28-26(29-24)35-19-21-7-5-8-22(16-21)25(32)27-9-11-30-12-14-34-15-13-30/h5,7-8,16-17,20H,3-4,6,9-15,18-19H2,1-2H3,(H,27,32). The van der Waals surface area contributed by atoms with Gasteiger partial charge < -0.3 is 19.7 Å². The van der Waals surface area contributed by atoms with Crippen LogP contribution in [0.25, 0.3) is 0 Å². The zero-order valence-electron chi connectivity index (χ0n) is 20.9. The van der Waals surface area contributed by atoms with E-state index >= 15 is 0 Å². The number of hydrogen-bond acceptors (Lipinski definition) is 8. The molecule has 2 fully saturated rings. The molecule has 2 aliphatic heterocycles. The second-order valence-electron chi connectivity index (χ2n) is 9.17. The Kier molecular flexibility index (Phi) is 9.76. The van der Waals surface area contributed by atoms with Crippen molar-refractivity contribution in [2.24, 2.45) is 0 Å². The highest BCUT2D eigenvalue weighted by atomic mass is 32.2. The number of amides is 1. The molecule has 2 saturated heterocycles. The van der Waals surface area contributed by atoms with Gasteiger partial charge in [-0.3, -0.25) is 9.69 Å². The summed E-state index contributed by atoms with van der Waals surface area (Å²) in [5.41, 5.74) is 2.65. The fourth-order valence-corrected chi connectivity index (χ4v) is 5.35. The molecule has 0 bridgehead atoms. The number of ether oxygens (including phenoxy) is 2. The summed E-state index contributed by atoms with van der Waals surface area (Å²) in [7, 11) is 1.69. The molecular weight excluding hydrogens is 462 g/mol. The van der Waals surface area contributed by atoms with E-state index in [1.54, 1.807) is 18.9 Å². The van der Waals surface area contributed by atoms with Gasteiger partial charge in [0.1, 0.15) is 5.82 Å². The lowest BCUT2D eigenvalue weighted by Crippen LogP contribution is -2.41.